The molecule has 0 aromatic carbocycles. The minimum absolute atomic E-state index is 0.0735. The van der Waals surface area contributed by atoms with Crippen LogP contribution in [0, 0.1) is 6.92 Å². The summed E-state index contributed by atoms with van der Waals surface area (Å²) in [6.45, 7) is 2.66. The molecule has 1 amide bonds. The molecule has 3 N–H and O–H groups in total. The Morgan fingerprint density at radius 3 is 3.15 bits per heavy atom. The molecule has 0 bridgehead atoms. The fraction of sp³-hybridized carbons (Fsp3) is 0.429. The molecular formula is C14H17N3OS2. The first-order valence-corrected chi connectivity index (χ1v) is 8.57. The van der Waals surface area contributed by atoms with E-state index in [9.17, 15) is 4.79 Å². The number of anilines is 1. The minimum Gasteiger partial charge on any atom is -0.397 e. The number of nitrogens with one attached hydrogen (secondary N) is 1. The minimum atomic E-state index is -0.0735. The number of aryl methyl sites for hydroxylation is 1. The molecule has 6 heteroatoms. The SMILES string of the molecule is Cc1ccc2c(N)c(C(=O)NCC3CCCS3)sc2n1. The zero-order chi connectivity index (χ0) is 14.1. The first-order valence-electron chi connectivity index (χ1n) is 6.70. The number of nitrogens with two attached hydrogens (primary N) is 1. The van der Waals surface area contributed by atoms with E-state index in [0.29, 0.717) is 15.8 Å². The van der Waals surface area contributed by atoms with Crippen molar-refractivity contribution in [3.63, 3.8) is 0 Å². The van der Waals surface area contributed by atoms with Crippen molar-refractivity contribution in [2.45, 2.75) is 25.0 Å². The van der Waals surface area contributed by atoms with Crippen LogP contribution in [-0.2, 0) is 0 Å². The smallest absolute Gasteiger partial charge is 0.263 e. The van der Waals surface area contributed by atoms with E-state index in [0.717, 1.165) is 22.5 Å². The van der Waals surface area contributed by atoms with E-state index in [2.05, 4.69) is 10.3 Å². The number of hydrogen-bond acceptors (Lipinski definition) is 5. The number of amides is 1. The Labute approximate surface area is 126 Å². The average molecular weight is 307 g/mol. The number of thioether (sulfide) groups is 1. The standard InChI is InChI=1S/C14H17N3OS2/c1-8-4-5-10-11(15)12(20-14(10)17-8)13(18)16-7-9-3-2-6-19-9/h4-5,9H,2-3,6-7,15H2,1H3,(H,16,18). The highest BCUT2D eigenvalue weighted by Crippen LogP contribution is 2.32. The lowest BCUT2D eigenvalue weighted by molar-refractivity contribution is 0.0958. The van der Waals surface area contributed by atoms with Crippen molar-refractivity contribution < 1.29 is 4.79 Å². The van der Waals surface area contributed by atoms with E-state index < -0.39 is 0 Å². The van der Waals surface area contributed by atoms with Gasteiger partial charge in [-0.05, 0) is 37.7 Å². The normalized spacial score (nSPS) is 18.6. The summed E-state index contributed by atoms with van der Waals surface area (Å²) in [4.78, 5) is 18.1. The van der Waals surface area contributed by atoms with E-state index in [1.54, 1.807) is 0 Å². The molecule has 0 aliphatic carbocycles. The van der Waals surface area contributed by atoms with Gasteiger partial charge in [-0.2, -0.15) is 11.8 Å². The zero-order valence-electron chi connectivity index (χ0n) is 11.3. The van der Waals surface area contributed by atoms with Crippen molar-refractivity contribution in [1.82, 2.24) is 10.3 Å². The largest absolute Gasteiger partial charge is 0.397 e. The first kappa shape index (κ1) is 13.7. The second-order valence-corrected chi connectivity index (χ2v) is 7.40. The number of hydrogen-bond donors (Lipinski definition) is 2. The van der Waals surface area contributed by atoms with Crippen LogP contribution in [0.25, 0.3) is 10.2 Å². The van der Waals surface area contributed by atoms with Gasteiger partial charge in [-0.25, -0.2) is 4.98 Å². The molecule has 3 rings (SSSR count). The van der Waals surface area contributed by atoms with E-state index in [4.69, 9.17) is 5.73 Å². The summed E-state index contributed by atoms with van der Waals surface area (Å²) < 4.78 is 0. The van der Waals surface area contributed by atoms with Crippen molar-refractivity contribution in [3.8, 4) is 0 Å². The zero-order valence-corrected chi connectivity index (χ0v) is 12.9. The molecule has 1 atom stereocenters. The maximum Gasteiger partial charge on any atom is 0.263 e. The Morgan fingerprint density at radius 2 is 2.40 bits per heavy atom. The highest BCUT2D eigenvalue weighted by molar-refractivity contribution is 8.00. The second-order valence-electron chi connectivity index (χ2n) is 5.00. The van der Waals surface area contributed by atoms with Crippen LogP contribution in [0.2, 0.25) is 0 Å². The summed E-state index contributed by atoms with van der Waals surface area (Å²) >= 11 is 3.31. The predicted molar refractivity (Wildman–Crippen MR) is 86.6 cm³/mol. The van der Waals surface area contributed by atoms with Gasteiger partial charge in [0, 0.05) is 22.9 Å². The monoisotopic (exact) mass is 307 g/mol. The van der Waals surface area contributed by atoms with Crippen molar-refractivity contribution in [3.05, 3.63) is 22.7 Å². The maximum atomic E-state index is 12.3. The third-order valence-corrected chi connectivity index (χ3v) is 5.97. The van der Waals surface area contributed by atoms with Crippen LogP contribution in [-0.4, -0.2) is 28.4 Å². The van der Waals surface area contributed by atoms with Crippen LogP contribution in [0.1, 0.15) is 28.2 Å². The van der Waals surface area contributed by atoms with Crippen LogP contribution >= 0.6 is 23.1 Å². The molecule has 2 aromatic rings. The quantitative estimate of drug-likeness (QED) is 0.915. The molecule has 20 heavy (non-hydrogen) atoms. The highest BCUT2D eigenvalue weighted by Gasteiger charge is 2.20. The lowest BCUT2D eigenvalue weighted by Crippen LogP contribution is -2.29. The fourth-order valence-corrected chi connectivity index (χ4v) is 4.61. The molecule has 1 aliphatic rings. The molecule has 1 fully saturated rings. The van der Waals surface area contributed by atoms with Gasteiger partial charge < -0.3 is 11.1 Å². The summed E-state index contributed by atoms with van der Waals surface area (Å²) in [5.41, 5.74) is 7.57. The molecule has 0 radical (unpaired) electrons. The van der Waals surface area contributed by atoms with Crippen molar-refractivity contribution >= 4 is 44.9 Å². The molecule has 3 heterocycles. The number of pyridine rings is 1. The Balaban J connectivity index is 1.78. The lowest BCUT2D eigenvalue weighted by Gasteiger charge is -2.09. The van der Waals surface area contributed by atoms with Gasteiger partial charge in [0.2, 0.25) is 0 Å². The van der Waals surface area contributed by atoms with Crippen LogP contribution in [0.3, 0.4) is 0 Å². The summed E-state index contributed by atoms with van der Waals surface area (Å²) in [6.07, 6.45) is 2.44. The summed E-state index contributed by atoms with van der Waals surface area (Å²) in [5.74, 6) is 1.13. The summed E-state index contributed by atoms with van der Waals surface area (Å²) in [7, 11) is 0. The molecule has 1 aliphatic heterocycles. The molecule has 0 spiro atoms. The molecule has 2 aromatic heterocycles. The Kier molecular flexibility index (Phi) is 3.85. The van der Waals surface area contributed by atoms with Gasteiger partial charge in [0.1, 0.15) is 9.71 Å². The topological polar surface area (TPSA) is 68.0 Å². The van der Waals surface area contributed by atoms with Crippen LogP contribution < -0.4 is 11.1 Å². The molecule has 1 unspecified atom stereocenters. The maximum absolute atomic E-state index is 12.3. The predicted octanol–water partition coefficient (Wildman–Crippen LogP) is 2.81. The summed E-state index contributed by atoms with van der Waals surface area (Å²) in [6, 6.07) is 3.86. The molecular weight excluding hydrogens is 290 g/mol. The van der Waals surface area contributed by atoms with Crippen LogP contribution in [0.5, 0.6) is 0 Å². The summed E-state index contributed by atoms with van der Waals surface area (Å²) in [5, 5.41) is 4.43. The van der Waals surface area contributed by atoms with Crippen molar-refractivity contribution in [2.75, 3.05) is 18.0 Å². The Bertz CT molecular complexity index is 647. The lowest BCUT2D eigenvalue weighted by atomic mass is 10.2. The van der Waals surface area contributed by atoms with Gasteiger partial charge in [-0.15, -0.1) is 11.3 Å². The fourth-order valence-electron chi connectivity index (χ4n) is 2.35. The van der Waals surface area contributed by atoms with Crippen molar-refractivity contribution in [1.29, 1.82) is 0 Å². The van der Waals surface area contributed by atoms with Crippen LogP contribution in [0.4, 0.5) is 5.69 Å². The molecule has 1 saturated heterocycles. The van der Waals surface area contributed by atoms with E-state index in [-0.39, 0.29) is 5.91 Å². The highest BCUT2D eigenvalue weighted by atomic mass is 32.2. The third kappa shape index (κ3) is 2.62. The average Bonchev–Trinajstić information content (AvgIpc) is 3.04. The number of aromatic nitrogens is 1. The number of fused-ring (bicyclic) bond motifs is 1. The van der Waals surface area contributed by atoms with Gasteiger partial charge in [-0.3, -0.25) is 4.79 Å². The van der Waals surface area contributed by atoms with Gasteiger partial charge in [0.25, 0.3) is 5.91 Å². The number of rotatable bonds is 3. The molecule has 106 valence electrons. The number of nitrogen functional groups attached to an aromatic ring is 1. The van der Waals surface area contributed by atoms with E-state index in [1.165, 1.54) is 29.9 Å². The Hall–Kier alpha value is -1.27. The van der Waals surface area contributed by atoms with Gasteiger partial charge >= 0.3 is 0 Å². The first-order chi connectivity index (χ1) is 9.65. The van der Waals surface area contributed by atoms with Crippen molar-refractivity contribution in [2.24, 2.45) is 0 Å². The third-order valence-electron chi connectivity index (χ3n) is 3.45. The van der Waals surface area contributed by atoms with Gasteiger partial charge in [0.15, 0.2) is 0 Å². The Morgan fingerprint density at radius 1 is 1.55 bits per heavy atom. The number of carbonyl (C=O) groups excluding carboxylic acids is 1. The van der Waals surface area contributed by atoms with Gasteiger partial charge in [-0.1, -0.05) is 0 Å². The number of nitrogens with zero attached hydrogens (tertiary/aromatic N) is 1. The van der Waals surface area contributed by atoms with Crippen LogP contribution in [0.15, 0.2) is 12.1 Å². The molecule has 0 saturated carbocycles. The number of thiophene rings is 1. The second kappa shape index (κ2) is 5.61. The van der Waals surface area contributed by atoms with E-state index >= 15 is 0 Å². The number of carbonyl (C=O) groups is 1. The molecule has 4 nitrogen and oxygen atoms in total. The van der Waals surface area contributed by atoms with E-state index in [1.807, 2.05) is 30.8 Å². The van der Waals surface area contributed by atoms with Gasteiger partial charge in [0.05, 0.1) is 5.69 Å².